The van der Waals surface area contributed by atoms with Crippen LogP contribution < -0.4 is 16.2 Å². The highest BCUT2D eigenvalue weighted by atomic mass is 19.1. The molecule has 0 saturated carbocycles. The molecule has 4 N–H and O–H groups in total. The van der Waals surface area contributed by atoms with Crippen LogP contribution in [0.4, 0.5) is 4.39 Å². The molecular formula is C16H23FN6O2. The molecule has 25 heavy (non-hydrogen) atoms. The zero-order valence-corrected chi connectivity index (χ0v) is 14.4. The Labute approximate surface area is 145 Å². The van der Waals surface area contributed by atoms with Gasteiger partial charge in [-0.1, -0.05) is 0 Å². The van der Waals surface area contributed by atoms with Gasteiger partial charge in [-0.3, -0.25) is 5.73 Å². The molecular weight excluding hydrogens is 327 g/mol. The highest BCUT2D eigenvalue weighted by Crippen LogP contribution is 2.27. The van der Waals surface area contributed by atoms with E-state index in [1.165, 1.54) is 13.2 Å². The lowest BCUT2D eigenvalue weighted by Gasteiger charge is -2.45. The van der Waals surface area contributed by atoms with Crippen molar-refractivity contribution in [3.05, 3.63) is 29.6 Å². The molecule has 1 atom stereocenters. The summed E-state index contributed by atoms with van der Waals surface area (Å²) in [7, 11) is 2.96. The lowest BCUT2D eigenvalue weighted by Crippen LogP contribution is -2.67. The van der Waals surface area contributed by atoms with E-state index >= 15 is 0 Å². The summed E-state index contributed by atoms with van der Waals surface area (Å²) < 4.78 is 24.5. The molecule has 1 aromatic carbocycles. The molecule has 1 unspecified atom stereocenters. The summed E-state index contributed by atoms with van der Waals surface area (Å²) in [5, 5.41) is 3.82. The zero-order valence-electron chi connectivity index (χ0n) is 14.4. The molecule has 2 heterocycles. The van der Waals surface area contributed by atoms with Gasteiger partial charge in [0.05, 0.1) is 7.11 Å². The van der Waals surface area contributed by atoms with E-state index in [4.69, 9.17) is 20.9 Å². The van der Waals surface area contributed by atoms with E-state index in [1.54, 1.807) is 24.3 Å². The molecule has 1 aromatic rings. The van der Waals surface area contributed by atoms with Crippen molar-refractivity contribution in [2.75, 3.05) is 33.9 Å². The predicted molar refractivity (Wildman–Crippen MR) is 92.6 cm³/mol. The Morgan fingerprint density at radius 2 is 2.00 bits per heavy atom. The molecule has 3 rings (SSSR count). The molecule has 0 radical (unpaired) electrons. The molecule has 136 valence electrons. The SMILES string of the molecule is COCC1(N)N=C(N)N=C(c2ccc(OC)c(F)c2)N1N1CCCC1. The quantitative estimate of drug-likeness (QED) is 0.801. The number of halogens is 1. The summed E-state index contributed by atoms with van der Waals surface area (Å²) in [4.78, 5) is 8.63. The van der Waals surface area contributed by atoms with Gasteiger partial charge in [-0.15, -0.1) is 0 Å². The lowest BCUT2D eigenvalue weighted by atomic mass is 10.1. The third-order valence-electron chi connectivity index (χ3n) is 4.23. The van der Waals surface area contributed by atoms with Crippen molar-refractivity contribution < 1.29 is 13.9 Å². The summed E-state index contributed by atoms with van der Waals surface area (Å²) >= 11 is 0. The van der Waals surface area contributed by atoms with Crippen molar-refractivity contribution in [3.8, 4) is 5.75 Å². The first-order valence-electron chi connectivity index (χ1n) is 8.09. The second-order valence-corrected chi connectivity index (χ2v) is 6.04. The normalized spacial score (nSPS) is 24.2. The first-order valence-corrected chi connectivity index (χ1v) is 8.09. The maximum absolute atomic E-state index is 14.2. The maximum Gasteiger partial charge on any atom is 0.227 e. The van der Waals surface area contributed by atoms with Crippen LogP contribution in [0.25, 0.3) is 0 Å². The first kappa shape index (κ1) is 17.6. The number of guanidine groups is 1. The highest BCUT2D eigenvalue weighted by molar-refractivity contribution is 6.07. The standard InChI is InChI=1S/C16H23FN6O2/c1-24-10-16(19)21-15(18)20-14(23(16)22-7-3-4-8-22)11-5-6-13(25-2)12(17)9-11/h5-6,9H,3-4,7-8,10,19H2,1-2H3,(H2,18,21). The smallest absolute Gasteiger partial charge is 0.227 e. The van der Waals surface area contributed by atoms with Crippen molar-refractivity contribution >= 4 is 11.8 Å². The van der Waals surface area contributed by atoms with Crippen LogP contribution in [0, 0.1) is 5.82 Å². The third-order valence-corrected chi connectivity index (χ3v) is 4.23. The summed E-state index contributed by atoms with van der Waals surface area (Å²) in [5.41, 5.74) is 12.9. The predicted octanol–water partition coefficient (Wildman–Crippen LogP) is 0.481. The Hall–Kier alpha value is -2.23. The van der Waals surface area contributed by atoms with Crippen LogP contribution >= 0.6 is 0 Å². The molecule has 0 aliphatic carbocycles. The van der Waals surface area contributed by atoms with Crippen molar-refractivity contribution in [1.82, 2.24) is 10.0 Å². The van der Waals surface area contributed by atoms with E-state index in [2.05, 4.69) is 15.0 Å². The molecule has 0 bridgehead atoms. The fraction of sp³-hybridized carbons (Fsp3) is 0.500. The number of ether oxygens (including phenoxy) is 2. The van der Waals surface area contributed by atoms with Crippen molar-refractivity contribution in [2.24, 2.45) is 21.5 Å². The van der Waals surface area contributed by atoms with E-state index in [9.17, 15) is 4.39 Å². The number of hydrogen-bond acceptors (Lipinski definition) is 8. The van der Waals surface area contributed by atoms with Gasteiger partial charge in [0.15, 0.2) is 17.4 Å². The molecule has 0 spiro atoms. The molecule has 0 aromatic heterocycles. The number of aliphatic imine (C=N–C) groups is 2. The van der Waals surface area contributed by atoms with E-state index in [0.717, 1.165) is 25.9 Å². The van der Waals surface area contributed by atoms with Gasteiger partial charge in [0.1, 0.15) is 6.61 Å². The van der Waals surface area contributed by atoms with E-state index in [-0.39, 0.29) is 18.3 Å². The average Bonchev–Trinajstić information content (AvgIpc) is 3.07. The number of rotatable bonds is 5. The molecule has 2 aliphatic rings. The first-order chi connectivity index (χ1) is 12.0. The molecule has 1 fully saturated rings. The van der Waals surface area contributed by atoms with Crippen LogP contribution in [-0.2, 0) is 4.74 Å². The number of benzene rings is 1. The molecule has 2 aliphatic heterocycles. The third kappa shape index (κ3) is 3.30. The van der Waals surface area contributed by atoms with Crippen LogP contribution in [0.5, 0.6) is 5.75 Å². The minimum absolute atomic E-state index is 0.0289. The second kappa shape index (κ2) is 6.95. The topological polar surface area (TPSA) is 102 Å². The number of hydrazine groups is 1. The van der Waals surface area contributed by atoms with Crippen LogP contribution in [0.15, 0.2) is 28.2 Å². The molecule has 0 amide bonds. The number of nitrogens with zero attached hydrogens (tertiary/aromatic N) is 4. The lowest BCUT2D eigenvalue weighted by molar-refractivity contribution is -0.0600. The summed E-state index contributed by atoms with van der Waals surface area (Å²) in [6, 6.07) is 4.62. The van der Waals surface area contributed by atoms with Crippen molar-refractivity contribution in [3.63, 3.8) is 0 Å². The Balaban J connectivity index is 2.07. The number of nitrogens with two attached hydrogens (primary N) is 2. The fourth-order valence-electron chi connectivity index (χ4n) is 3.19. The van der Waals surface area contributed by atoms with Crippen LogP contribution in [-0.4, -0.2) is 61.5 Å². The monoisotopic (exact) mass is 350 g/mol. The van der Waals surface area contributed by atoms with Gasteiger partial charge in [0.2, 0.25) is 11.7 Å². The van der Waals surface area contributed by atoms with E-state index in [1.807, 2.05) is 0 Å². The van der Waals surface area contributed by atoms with E-state index < -0.39 is 11.6 Å². The largest absolute Gasteiger partial charge is 0.494 e. The Bertz CT molecular complexity index is 704. The van der Waals surface area contributed by atoms with Crippen LogP contribution in [0.2, 0.25) is 0 Å². The number of methoxy groups -OCH3 is 2. The Kier molecular flexibility index (Phi) is 4.89. The Morgan fingerprint density at radius 3 is 2.60 bits per heavy atom. The van der Waals surface area contributed by atoms with Gasteiger partial charge in [0, 0.05) is 25.8 Å². The van der Waals surface area contributed by atoms with Crippen LogP contribution in [0.3, 0.4) is 0 Å². The zero-order chi connectivity index (χ0) is 18.0. The van der Waals surface area contributed by atoms with Gasteiger partial charge >= 0.3 is 0 Å². The van der Waals surface area contributed by atoms with Gasteiger partial charge < -0.3 is 15.2 Å². The summed E-state index contributed by atoms with van der Waals surface area (Å²) in [5.74, 6) is -1.10. The summed E-state index contributed by atoms with van der Waals surface area (Å²) in [6.45, 7) is 1.72. The average molecular weight is 350 g/mol. The molecule has 9 heteroatoms. The summed E-state index contributed by atoms with van der Waals surface area (Å²) in [6.07, 6.45) is 2.06. The molecule has 8 nitrogen and oxygen atoms in total. The second-order valence-electron chi connectivity index (χ2n) is 6.04. The molecule has 1 saturated heterocycles. The minimum Gasteiger partial charge on any atom is -0.494 e. The maximum atomic E-state index is 14.2. The van der Waals surface area contributed by atoms with Gasteiger partial charge in [-0.2, -0.15) is 4.99 Å². The van der Waals surface area contributed by atoms with Crippen LogP contribution in [0.1, 0.15) is 18.4 Å². The van der Waals surface area contributed by atoms with Crippen molar-refractivity contribution in [2.45, 2.75) is 18.6 Å². The van der Waals surface area contributed by atoms with Gasteiger partial charge in [-0.05, 0) is 31.0 Å². The minimum atomic E-state index is -1.24. The number of hydrogen-bond donors (Lipinski definition) is 2. The van der Waals surface area contributed by atoms with Crippen molar-refractivity contribution in [1.29, 1.82) is 0 Å². The van der Waals surface area contributed by atoms with Gasteiger partial charge in [-0.25, -0.2) is 19.4 Å². The highest BCUT2D eigenvalue weighted by Gasteiger charge is 2.43. The fourth-order valence-corrected chi connectivity index (χ4v) is 3.19. The van der Waals surface area contributed by atoms with Gasteiger partial charge in [0.25, 0.3) is 0 Å². The van der Waals surface area contributed by atoms with E-state index in [0.29, 0.717) is 11.4 Å². The Morgan fingerprint density at radius 1 is 1.28 bits per heavy atom. The number of amidine groups is 1.